The minimum atomic E-state index is -4.82. The molecule has 9 heteroatoms. The van der Waals surface area contributed by atoms with Crippen molar-refractivity contribution in [2.45, 2.75) is 6.36 Å². The summed E-state index contributed by atoms with van der Waals surface area (Å²) < 4.78 is 54.0. The summed E-state index contributed by atoms with van der Waals surface area (Å²) in [5.41, 5.74) is 0.415. The molecule has 0 aliphatic rings. The summed E-state index contributed by atoms with van der Waals surface area (Å²) in [7, 11) is 0. The van der Waals surface area contributed by atoms with Gasteiger partial charge in [-0.2, -0.15) is 0 Å². The third-order valence-corrected chi connectivity index (χ3v) is 3.41. The normalized spacial score (nSPS) is 11.3. The second-order valence-electron chi connectivity index (χ2n) is 5.35. The fourth-order valence-electron chi connectivity index (χ4n) is 2.29. The van der Waals surface area contributed by atoms with E-state index in [9.17, 15) is 27.5 Å². The Labute approximate surface area is 149 Å². The standard InChI is InChI=1S/C18H10F4N2O3/c19-12-3-1-2-11(8-12)16-23-14(9-15(24-16)17(25)26)10-4-6-13(7-5-10)27-18(20,21)22/h1-9H,(H,25,26). The molecular formula is C18H10F4N2O3. The summed E-state index contributed by atoms with van der Waals surface area (Å²) >= 11 is 0. The van der Waals surface area contributed by atoms with Gasteiger partial charge >= 0.3 is 12.3 Å². The monoisotopic (exact) mass is 378 g/mol. The molecule has 0 unspecified atom stereocenters. The van der Waals surface area contributed by atoms with Crippen LogP contribution in [0, 0.1) is 5.82 Å². The predicted molar refractivity (Wildman–Crippen MR) is 86.5 cm³/mol. The Morgan fingerprint density at radius 2 is 1.67 bits per heavy atom. The number of carboxylic acids is 1. The molecule has 0 aliphatic heterocycles. The molecule has 0 atom stereocenters. The molecule has 27 heavy (non-hydrogen) atoms. The number of aromatic carboxylic acids is 1. The van der Waals surface area contributed by atoms with Gasteiger partial charge in [0, 0.05) is 11.1 Å². The zero-order valence-corrected chi connectivity index (χ0v) is 13.4. The highest BCUT2D eigenvalue weighted by molar-refractivity contribution is 5.87. The number of carbonyl (C=O) groups is 1. The Kier molecular flexibility index (Phi) is 4.76. The fourth-order valence-corrected chi connectivity index (χ4v) is 2.29. The van der Waals surface area contributed by atoms with E-state index >= 15 is 0 Å². The van der Waals surface area contributed by atoms with Crippen LogP contribution in [0.1, 0.15) is 10.5 Å². The first-order valence-corrected chi connectivity index (χ1v) is 7.46. The zero-order chi connectivity index (χ0) is 19.6. The molecule has 2 aromatic carbocycles. The lowest BCUT2D eigenvalue weighted by Crippen LogP contribution is -2.16. The van der Waals surface area contributed by atoms with E-state index in [-0.39, 0.29) is 22.8 Å². The number of aromatic nitrogens is 2. The van der Waals surface area contributed by atoms with Gasteiger partial charge in [0.15, 0.2) is 11.5 Å². The molecule has 0 bridgehead atoms. The fraction of sp³-hybridized carbons (Fsp3) is 0.0556. The average Bonchev–Trinajstić information content (AvgIpc) is 2.60. The van der Waals surface area contributed by atoms with Crippen LogP contribution in [0.5, 0.6) is 5.75 Å². The first-order chi connectivity index (χ1) is 12.7. The molecule has 3 aromatic rings. The largest absolute Gasteiger partial charge is 0.573 e. The van der Waals surface area contributed by atoms with E-state index in [4.69, 9.17) is 0 Å². The van der Waals surface area contributed by atoms with Crippen molar-refractivity contribution in [1.29, 1.82) is 0 Å². The zero-order valence-electron chi connectivity index (χ0n) is 13.4. The summed E-state index contributed by atoms with van der Waals surface area (Å²) in [6.07, 6.45) is -4.82. The van der Waals surface area contributed by atoms with Crippen LogP contribution >= 0.6 is 0 Å². The van der Waals surface area contributed by atoms with Crippen molar-refractivity contribution < 1.29 is 32.2 Å². The third kappa shape index (κ3) is 4.57. The molecule has 1 aromatic heterocycles. The Balaban J connectivity index is 2.03. The van der Waals surface area contributed by atoms with Crippen molar-refractivity contribution in [2.75, 3.05) is 0 Å². The van der Waals surface area contributed by atoms with Gasteiger partial charge in [-0.25, -0.2) is 19.2 Å². The second-order valence-corrected chi connectivity index (χ2v) is 5.35. The number of halogens is 4. The molecule has 0 spiro atoms. The van der Waals surface area contributed by atoms with Crippen molar-refractivity contribution in [2.24, 2.45) is 0 Å². The van der Waals surface area contributed by atoms with E-state index in [1.54, 1.807) is 0 Å². The van der Waals surface area contributed by atoms with Crippen molar-refractivity contribution >= 4 is 5.97 Å². The van der Waals surface area contributed by atoms with Crippen molar-refractivity contribution in [3.05, 3.63) is 66.1 Å². The molecule has 0 amide bonds. The lowest BCUT2D eigenvalue weighted by atomic mass is 10.1. The second kappa shape index (κ2) is 7.02. The Hall–Kier alpha value is -3.49. The average molecular weight is 378 g/mol. The maximum absolute atomic E-state index is 13.4. The maximum Gasteiger partial charge on any atom is 0.573 e. The van der Waals surface area contributed by atoms with Gasteiger partial charge in [0.1, 0.15) is 11.6 Å². The van der Waals surface area contributed by atoms with Crippen LogP contribution in [0.4, 0.5) is 17.6 Å². The predicted octanol–water partition coefficient (Wildman–Crippen LogP) is 4.55. The molecule has 0 saturated heterocycles. The first-order valence-electron chi connectivity index (χ1n) is 7.46. The number of ether oxygens (including phenoxy) is 1. The summed E-state index contributed by atoms with van der Waals surface area (Å²) in [6, 6.07) is 11.2. The van der Waals surface area contributed by atoms with Crippen LogP contribution in [0.25, 0.3) is 22.6 Å². The SMILES string of the molecule is O=C(O)c1cc(-c2ccc(OC(F)(F)F)cc2)nc(-c2cccc(F)c2)n1. The van der Waals surface area contributed by atoms with Crippen LogP contribution in [-0.2, 0) is 0 Å². The van der Waals surface area contributed by atoms with Gasteiger partial charge in [-0.15, -0.1) is 13.2 Å². The number of benzene rings is 2. The van der Waals surface area contributed by atoms with Crippen LogP contribution in [0.2, 0.25) is 0 Å². The summed E-state index contributed by atoms with van der Waals surface area (Å²) in [5.74, 6) is -2.33. The number of rotatable bonds is 4. The van der Waals surface area contributed by atoms with Gasteiger partial charge in [0.2, 0.25) is 0 Å². The van der Waals surface area contributed by atoms with Gasteiger partial charge in [0.05, 0.1) is 5.69 Å². The van der Waals surface area contributed by atoms with E-state index in [1.165, 1.54) is 36.4 Å². The maximum atomic E-state index is 13.4. The van der Waals surface area contributed by atoms with E-state index in [1.807, 2.05) is 0 Å². The number of carboxylic acid groups (broad SMARTS) is 1. The van der Waals surface area contributed by atoms with Gasteiger partial charge in [-0.3, -0.25) is 0 Å². The molecule has 0 saturated carbocycles. The van der Waals surface area contributed by atoms with Crippen molar-refractivity contribution in [3.63, 3.8) is 0 Å². The molecule has 1 N–H and O–H groups in total. The van der Waals surface area contributed by atoms with E-state index in [0.717, 1.165) is 18.2 Å². The molecule has 0 aliphatic carbocycles. The molecule has 3 rings (SSSR count). The minimum Gasteiger partial charge on any atom is -0.477 e. The Morgan fingerprint density at radius 3 is 2.26 bits per heavy atom. The van der Waals surface area contributed by atoms with Crippen LogP contribution in [0.3, 0.4) is 0 Å². The topological polar surface area (TPSA) is 72.3 Å². The van der Waals surface area contributed by atoms with Gasteiger partial charge in [-0.1, -0.05) is 12.1 Å². The van der Waals surface area contributed by atoms with E-state index in [2.05, 4.69) is 14.7 Å². The third-order valence-electron chi connectivity index (χ3n) is 3.41. The van der Waals surface area contributed by atoms with E-state index in [0.29, 0.717) is 5.56 Å². The van der Waals surface area contributed by atoms with Crippen molar-refractivity contribution in [3.8, 4) is 28.4 Å². The lowest BCUT2D eigenvalue weighted by molar-refractivity contribution is -0.274. The molecule has 5 nitrogen and oxygen atoms in total. The highest BCUT2D eigenvalue weighted by Gasteiger charge is 2.31. The minimum absolute atomic E-state index is 0.0278. The molecule has 1 heterocycles. The number of alkyl halides is 3. The smallest absolute Gasteiger partial charge is 0.477 e. The van der Waals surface area contributed by atoms with Gasteiger partial charge in [0.25, 0.3) is 0 Å². The number of hydrogen-bond acceptors (Lipinski definition) is 4. The summed E-state index contributed by atoms with van der Waals surface area (Å²) in [4.78, 5) is 19.4. The molecule has 0 fully saturated rings. The molecular weight excluding hydrogens is 368 g/mol. The summed E-state index contributed by atoms with van der Waals surface area (Å²) in [6.45, 7) is 0. The number of hydrogen-bond donors (Lipinski definition) is 1. The van der Waals surface area contributed by atoms with Gasteiger partial charge in [-0.05, 0) is 42.5 Å². The van der Waals surface area contributed by atoms with Gasteiger partial charge < -0.3 is 9.84 Å². The number of nitrogens with zero attached hydrogens (tertiary/aromatic N) is 2. The highest BCUT2D eigenvalue weighted by Crippen LogP contribution is 2.27. The first kappa shape index (κ1) is 18.3. The van der Waals surface area contributed by atoms with Crippen molar-refractivity contribution in [1.82, 2.24) is 9.97 Å². The Bertz CT molecular complexity index is 989. The Morgan fingerprint density at radius 1 is 0.963 bits per heavy atom. The van der Waals surface area contributed by atoms with E-state index < -0.39 is 23.9 Å². The van der Waals surface area contributed by atoms with Crippen LogP contribution in [0.15, 0.2) is 54.6 Å². The quantitative estimate of drug-likeness (QED) is 0.675. The molecule has 138 valence electrons. The molecule has 0 radical (unpaired) electrons. The van der Waals surface area contributed by atoms with Crippen LogP contribution in [-0.4, -0.2) is 27.4 Å². The van der Waals surface area contributed by atoms with Crippen LogP contribution < -0.4 is 4.74 Å². The summed E-state index contributed by atoms with van der Waals surface area (Å²) in [5, 5.41) is 9.24. The lowest BCUT2D eigenvalue weighted by Gasteiger charge is -2.10. The highest BCUT2D eigenvalue weighted by atomic mass is 19.4.